The van der Waals surface area contributed by atoms with Gasteiger partial charge in [0.05, 0.1) is 18.7 Å². The largest absolute Gasteiger partial charge is 0.506 e. The minimum atomic E-state index is -0.584. The molecule has 0 saturated heterocycles. The van der Waals surface area contributed by atoms with E-state index in [9.17, 15) is 9.90 Å². The molecule has 2 aromatic rings. The van der Waals surface area contributed by atoms with Gasteiger partial charge in [0.25, 0.3) is 0 Å². The van der Waals surface area contributed by atoms with Crippen molar-refractivity contribution in [1.82, 2.24) is 4.98 Å². The first-order chi connectivity index (χ1) is 9.67. The summed E-state index contributed by atoms with van der Waals surface area (Å²) >= 11 is 0. The zero-order valence-corrected chi connectivity index (χ0v) is 11.5. The lowest BCUT2D eigenvalue weighted by atomic mass is 10.1. The number of aromatic hydroxyl groups is 1. The predicted molar refractivity (Wildman–Crippen MR) is 75.2 cm³/mol. The van der Waals surface area contributed by atoms with Crippen LogP contribution >= 0.6 is 0 Å². The molecule has 0 unspecified atom stereocenters. The Morgan fingerprint density at radius 1 is 1.35 bits per heavy atom. The molecule has 0 saturated carbocycles. The second kappa shape index (κ2) is 6.23. The summed E-state index contributed by atoms with van der Waals surface area (Å²) in [7, 11) is 0. The Labute approximate surface area is 117 Å². The maximum atomic E-state index is 11.7. The highest BCUT2D eigenvalue weighted by Gasteiger charge is 2.16. The minimum Gasteiger partial charge on any atom is -0.506 e. The van der Waals surface area contributed by atoms with Crippen LogP contribution in [0.2, 0.25) is 0 Å². The van der Waals surface area contributed by atoms with Crippen molar-refractivity contribution in [2.75, 3.05) is 13.2 Å². The van der Waals surface area contributed by atoms with Gasteiger partial charge in [0.2, 0.25) is 0 Å². The van der Waals surface area contributed by atoms with E-state index >= 15 is 0 Å². The molecule has 0 radical (unpaired) electrons. The number of nitrogens with zero attached hydrogens (tertiary/aromatic N) is 1. The van der Waals surface area contributed by atoms with Crippen LogP contribution in [0.3, 0.4) is 0 Å². The van der Waals surface area contributed by atoms with E-state index in [0.717, 1.165) is 6.42 Å². The summed E-state index contributed by atoms with van der Waals surface area (Å²) in [6, 6.07) is 5.21. The molecule has 0 aliphatic heterocycles. The molecule has 0 atom stereocenters. The van der Waals surface area contributed by atoms with E-state index < -0.39 is 5.97 Å². The van der Waals surface area contributed by atoms with Gasteiger partial charge in [-0.1, -0.05) is 6.92 Å². The summed E-state index contributed by atoms with van der Waals surface area (Å²) < 4.78 is 10.4. The normalized spacial score (nSPS) is 10.5. The van der Waals surface area contributed by atoms with Crippen molar-refractivity contribution >= 4 is 16.9 Å². The number of carbonyl (C=O) groups is 1. The van der Waals surface area contributed by atoms with Crippen LogP contribution in [-0.2, 0) is 4.74 Å². The number of hydrogen-bond acceptors (Lipinski definition) is 5. The van der Waals surface area contributed by atoms with E-state index in [4.69, 9.17) is 9.47 Å². The lowest BCUT2D eigenvalue weighted by Gasteiger charge is -2.09. The van der Waals surface area contributed by atoms with Crippen LogP contribution in [0.5, 0.6) is 11.5 Å². The molecular formula is C15H17NO4. The maximum absolute atomic E-state index is 11.7. The zero-order chi connectivity index (χ0) is 14.5. The smallest absolute Gasteiger partial charge is 0.343 e. The standard InChI is InChI=1S/C15H17NO4/c1-3-7-20-10-5-6-13-11(8-10)14(17)12(9-16-13)15(18)19-4-2/h5-6,8-9H,3-4,7H2,1-2H3,(H,16,17). The molecule has 5 nitrogen and oxygen atoms in total. The highest BCUT2D eigenvalue weighted by Crippen LogP contribution is 2.30. The van der Waals surface area contributed by atoms with Crippen molar-refractivity contribution < 1.29 is 19.4 Å². The molecule has 0 aliphatic rings. The number of esters is 1. The molecule has 1 heterocycles. The molecule has 0 fully saturated rings. The topological polar surface area (TPSA) is 68.7 Å². The Balaban J connectivity index is 2.44. The minimum absolute atomic E-state index is 0.0620. The fraction of sp³-hybridized carbons (Fsp3) is 0.333. The number of hydrogen-bond donors (Lipinski definition) is 1. The van der Waals surface area contributed by atoms with Gasteiger partial charge in [0.1, 0.15) is 17.1 Å². The number of rotatable bonds is 5. The molecule has 106 valence electrons. The van der Waals surface area contributed by atoms with Crippen molar-refractivity contribution in [3.05, 3.63) is 30.0 Å². The summed E-state index contributed by atoms with van der Waals surface area (Å²) in [5, 5.41) is 10.7. The van der Waals surface area contributed by atoms with Gasteiger partial charge in [-0.2, -0.15) is 0 Å². The quantitative estimate of drug-likeness (QED) is 0.850. The van der Waals surface area contributed by atoms with Crippen LogP contribution in [0.25, 0.3) is 10.9 Å². The Bertz CT molecular complexity index is 625. The summed E-state index contributed by atoms with van der Waals surface area (Å²) in [5.41, 5.74) is 0.659. The fourth-order valence-corrected chi connectivity index (χ4v) is 1.83. The number of ether oxygens (including phenoxy) is 2. The van der Waals surface area contributed by atoms with E-state index in [1.165, 1.54) is 6.20 Å². The monoisotopic (exact) mass is 275 g/mol. The first-order valence-electron chi connectivity index (χ1n) is 6.59. The zero-order valence-electron chi connectivity index (χ0n) is 11.5. The van der Waals surface area contributed by atoms with Crippen molar-refractivity contribution in [2.45, 2.75) is 20.3 Å². The molecule has 5 heteroatoms. The fourth-order valence-electron chi connectivity index (χ4n) is 1.83. The van der Waals surface area contributed by atoms with Crippen molar-refractivity contribution in [3.63, 3.8) is 0 Å². The Morgan fingerprint density at radius 3 is 2.85 bits per heavy atom. The number of carbonyl (C=O) groups excluding carboxylic acids is 1. The van der Waals surface area contributed by atoms with Crippen molar-refractivity contribution in [3.8, 4) is 11.5 Å². The van der Waals surface area contributed by atoms with Crippen molar-refractivity contribution in [1.29, 1.82) is 0 Å². The average Bonchev–Trinajstić information content (AvgIpc) is 2.46. The van der Waals surface area contributed by atoms with E-state index in [0.29, 0.717) is 23.3 Å². The van der Waals surface area contributed by atoms with Crippen LogP contribution in [0.1, 0.15) is 30.6 Å². The van der Waals surface area contributed by atoms with Crippen LogP contribution in [0, 0.1) is 0 Å². The SMILES string of the molecule is CCCOc1ccc2ncc(C(=O)OCC)c(O)c2c1. The molecule has 1 N–H and O–H groups in total. The molecule has 0 bridgehead atoms. The van der Waals surface area contributed by atoms with Gasteiger partial charge >= 0.3 is 5.97 Å². The summed E-state index contributed by atoms with van der Waals surface area (Å²) in [5.74, 6) is -0.0767. The average molecular weight is 275 g/mol. The van der Waals surface area contributed by atoms with Gasteiger partial charge in [0, 0.05) is 11.6 Å². The number of fused-ring (bicyclic) bond motifs is 1. The first kappa shape index (κ1) is 14.1. The summed E-state index contributed by atoms with van der Waals surface area (Å²) in [6.07, 6.45) is 2.22. The number of aromatic nitrogens is 1. The van der Waals surface area contributed by atoms with Gasteiger partial charge in [-0.3, -0.25) is 4.98 Å². The van der Waals surface area contributed by atoms with Crippen molar-refractivity contribution in [2.24, 2.45) is 0 Å². The Kier molecular flexibility index (Phi) is 4.40. The maximum Gasteiger partial charge on any atom is 0.343 e. The first-order valence-corrected chi connectivity index (χ1v) is 6.59. The second-order valence-electron chi connectivity index (χ2n) is 4.27. The van der Waals surface area contributed by atoms with Crippen LogP contribution < -0.4 is 4.74 Å². The molecular weight excluding hydrogens is 258 g/mol. The Hall–Kier alpha value is -2.30. The van der Waals surface area contributed by atoms with Gasteiger partial charge in [-0.05, 0) is 31.5 Å². The van der Waals surface area contributed by atoms with E-state index in [1.54, 1.807) is 25.1 Å². The van der Waals surface area contributed by atoms with Crippen LogP contribution in [0.15, 0.2) is 24.4 Å². The highest BCUT2D eigenvalue weighted by atomic mass is 16.5. The number of benzene rings is 1. The summed E-state index contributed by atoms with van der Waals surface area (Å²) in [6.45, 7) is 4.56. The van der Waals surface area contributed by atoms with E-state index in [1.807, 2.05) is 6.92 Å². The van der Waals surface area contributed by atoms with E-state index in [-0.39, 0.29) is 17.9 Å². The Morgan fingerprint density at radius 2 is 2.15 bits per heavy atom. The van der Waals surface area contributed by atoms with Crippen LogP contribution in [-0.4, -0.2) is 29.3 Å². The molecule has 2 rings (SSSR count). The molecule has 20 heavy (non-hydrogen) atoms. The molecule has 0 amide bonds. The third-order valence-electron chi connectivity index (χ3n) is 2.78. The predicted octanol–water partition coefficient (Wildman–Crippen LogP) is 2.91. The number of pyridine rings is 1. The molecule has 0 aliphatic carbocycles. The summed E-state index contributed by atoms with van der Waals surface area (Å²) in [4.78, 5) is 15.9. The lowest BCUT2D eigenvalue weighted by Crippen LogP contribution is -2.05. The molecule has 1 aromatic heterocycles. The van der Waals surface area contributed by atoms with Gasteiger partial charge in [-0.15, -0.1) is 0 Å². The molecule has 0 spiro atoms. The third-order valence-corrected chi connectivity index (χ3v) is 2.78. The second-order valence-corrected chi connectivity index (χ2v) is 4.27. The lowest BCUT2D eigenvalue weighted by molar-refractivity contribution is 0.0523. The highest BCUT2D eigenvalue weighted by molar-refractivity contribution is 5.99. The molecule has 1 aromatic carbocycles. The van der Waals surface area contributed by atoms with Crippen LogP contribution in [0.4, 0.5) is 0 Å². The van der Waals surface area contributed by atoms with Gasteiger partial charge < -0.3 is 14.6 Å². The van der Waals surface area contributed by atoms with E-state index in [2.05, 4.69) is 4.98 Å². The third kappa shape index (κ3) is 2.82. The van der Waals surface area contributed by atoms with Gasteiger partial charge in [0.15, 0.2) is 0 Å². The van der Waals surface area contributed by atoms with Gasteiger partial charge in [-0.25, -0.2) is 4.79 Å².